The van der Waals surface area contributed by atoms with Gasteiger partial charge >= 0.3 is 5.76 Å². The molecule has 2 fully saturated rings. The molecule has 2 N–H and O–H groups in total. The number of hydrogen-bond donors (Lipinski definition) is 2. The number of piperidine rings is 1. The van der Waals surface area contributed by atoms with Crippen molar-refractivity contribution in [3.8, 4) is 22.9 Å². The maximum atomic E-state index is 13.6. The number of H-pyrrole nitrogens is 1. The molecule has 11 nitrogen and oxygen atoms in total. The van der Waals surface area contributed by atoms with Gasteiger partial charge in [0, 0.05) is 59.9 Å². The maximum Gasteiger partial charge on any atom is 0.439 e. The lowest BCUT2D eigenvalue weighted by atomic mass is 9.95. The van der Waals surface area contributed by atoms with Crippen LogP contribution in [0.3, 0.4) is 0 Å². The Balaban J connectivity index is 1.11. The summed E-state index contributed by atoms with van der Waals surface area (Å²) in [5.74, 6) is 0.698. The van der Waals surface area contributed by atoms with Crippen molar-refractivity contribution in [3.05, 3.63) is 70.0 Å². The summed E-state index contributed by atoms with van der Waals surface area (Å²) in [7, 11) is 1.61. The molecule has 0 radical (unpaired) electrons. The first-order valence-corrected chi connectivity index (χ1v) is 12.9. The van der Waals surface area contributed by atoms with Gasteiger partial charge in [-0.3, -0.25) is 24.1 Å². The molecule has 2 aromatic carbocycles. The average Bonchev–Trinajstić information content (AvgIpc) is 3.71. The molecule has 4 aromatic rings. The van der Waals surface area contributed by atoms with Gasteiger partial charge in [0.25, 0.3) is 11.8 Å². The molecular weight excluding hydrogens is 502 g/mol. The molecule has 3 aliphatic rings. The molecule has 2 aliphatic heterocycles. The highest BCUT2D eigenvalue weighted by molar-refractivity contribution is 6.02. The Kier molecular flexibility index (Phi) is 5.22. The van der Waals surface area contributed by atoms with Gasteiger partial charge in [0.05, 0.1) is 18.4 Å². The van der Waals surface area contributed by atoms with Gasteiger partial charge in [-0.25, -0.2) is 4.79 Å². The van der Waals surface area contributed by atoms with E-state index in [9.17, 15) is 14.4 Å². The van der Waals surface area contributed by atoms with Crippen LogP contribution in [-0.4, -0.2) is 57.8 Å². The summed E-state index contributed by atoms with van der Waals surface area (Å²) in [6.07, 6.45) is 4.88. The highest BCUT2D eigenvalue weighted by atomic mass is 16.5. The van der Waals surface area contributed by atoms with Crippen LogP contribution in [0.2, 0.25) is 0 Å². The van der Waals surface area contributed by atoms with E-state index in [1.807, 2.05) is 12.1 Å². The van der Waals surface area contributed by atoms with Gasteiger partial charge in [0.1, 0.15) is 11.5 Å². The third-order valence-electron chi connectivity index (χ3n) is 7.75. The summed E-state index contributed by atoms with van der Waals surface area (Å²) < 4.78 is 16.5. The van der Waals surface area contributed by atoms with Crippen LogP contribution in [0, 0.1) is 0 Å². The molecule has 1 spiro atoms. The topological polar surface area (TPSA) is 140 Å². The Bertz CT molecular complexity index is 1700. The molecule has 1 saturated carbocycles. The second-order valence-corrected chi connectivity index (χ2v) is 10.2. The molecule has 198 valence electrons. The zero-order chi connectivity index (χ0) is 26.7. The molecule has 1 saturated heterocycles. The van der Waals surface area contributed by atoms with E-state index in [2.05, 4.69) is 25.0 Å². The summed E-state index contributed by atoms with van der Waals surface area (Å²) in [5, 5.41) is 8.59. The Morgan fingerprint density at radius 3 is 2.64 bits per heavy atom. The van der Waals surface area contributed by atoms with Crippen LogP contribution in [-0.2, 0) is 0 Å². The number of carbonyl (C=O) groups excluding carboxylic acids is 2. The Hall–Kier alpha value is -4.67. The number of nitrogens with one attached hydrogen (secondary N) is 2. The van der Waals surface area contributed by atoms with Crippen molar-refractivity contribution in [2.24, 2.45) is 0 Å². The number of pyridine rings is 1. The molecular formula is C28H25N5O6. The molecule has 39 heavy (non-hydrogen) atoms. The van der Waals surface area contributed by atoms with Crippen LogP contribution in [0.25, 0.3) is 22.2 Å². The minimum Gasteiger partial charge on any atom is -0.496 e. The fourth-order valence-electron chi connectivity index (χ4n) is 5.54. The smallest absolute Gasteiger partial charge is 0.439 e. The van der Waals surface area contributed by atoms with E-state index in [1.165, 1.54) is 0 Å². The van der Waals surface area contributed by atoms with Crippen molar-refractivity contribution in [1.29, 1.82) is 0 Å². The molecule has 0 bridgehead atoms. The Morgan fingerprint density at radius 1 is 1.10 bits per heavy atom. The number of hydrogen-bond acceptors (Lipinski definition) is 8. The maximum absolute atomic E-state index is 13.6. The summed E-state index contributed by atoms with van der Waals surface area (Å²) >= 11 is 0. The second-order valence-electron chi connectivity index (χ2n) is 10.2. The highest BCUT2D eigenvalue weighted by Gasteiger charge is 2.43. The largest absolute Gasteiger partial charge is 0.496 e. The number of benzene rings is 2. The van der Waals surface area contributed by atoms with Crippen molar-refractivity contribution in [3.63, 3.8) is 0 Å². The van der Waals surface area contributed by atoms with Crippen molar-refractivity contribution in [2.45, 2.75) is 37.3 Å². The molecule has 7 rings (SSSR count). The minimum atomic E-state index is -0.908. The van der Waals surface area contributed by atoms with E-state index in [-0.39, 0.29) is 17.6 Å². The molecule has 2 aromatic heterocycles. The van der Waals surface area contributed by atoms with Crippen molar-refractivity contribution < 1.29 is 23.6 Å². The summed E-state index contributed by atoms with van der Waals surface area (Å²) in [6.45, 7) is 0.825. The lowest BCUT2D eigenvalue weighted by Crippen LogP contribution is -2.61. The van der Waals surface area contributed by atoms with Gasteiger partial charge in [0.15, 0.2) is 11.5 Å². The van der Waals surface area contributed by atoms with E-state index < -0.39 is 11.5 Å². The van der Waals surface area contributed by atoms with Crippen LogP contribution in [0.4, 0.5) is 0 Å². The molecule has 4 heterocycles. The minimum absolute atomic E-state index is 0.0931. The summed E-state index contributed by atoms with van der Waals surface area (Å²) in [4.78, 5) is 46.8. The monoisotopic (exact) mass is 527 g/mol. The third-order valence-corrected chi connectivity index (χ3v) is 7.75. The number of fused-ring (bicyclic) bond motifs is 2. The number of nitrogens with zero attached hydrogens (tertiary/aromatic N) is 3. The second kappa shape index (κ2) is 8.69. The fourth-order valence-corrected chi connectivity index (χ4v) is 5.54. The van der Waals surface area contributed by atoms with Gasteiger partial charge in [-0.05, 0) is 49.2 Å². The molecule has 0 unspecified atom stereocenters. The molecule has 11 heteroatoms. The standard InChI is InChI=1S/C28H25N5O6/c1-37-22-14-17(13-19-18(22)6-9-29-23(19)15-2-3-15)26(35)33-10-7-28(8-11-33)31-25(34)20-12-16(4-5-21(20)38-28)24-30-27(36)39-32-24/h4-6,9,12-15H,2-3,7-8,10-11H2,1H3,(H,31,34)(H,30,32,36). The van der Waals surface area contributed by atoms with Gasteiger partial charge in [-0.2, -0.15) is 0 Å². The number of amides is 2. The molecule has 2 amide bonds. The summed E-state index contributed by atoms with van der Waals surface area (Å²) in [5.41, 5.74) is 1.54. The van der Waals surface area contributed by atoms with Crippen LogP contribution in [0.15, 0.2) is 51.9 Å². The SMILES string of the molecule is COc1cc(C(=O)N2CCC3(CC2)NC(=O)c2cc(-c4noc(=O)[nH]4)ccc2O3)cc2c(C3CC3)nccc12. The quantitative estimate of drug-likeness (QED) is 0.412. The number of methoxy groups -OCH3 is 1. The van der Waals surface area contributed by atoms with Crippen molar-refractivity contribution >= 4 is 22.6 Å². The zero-order valence-electron chi connectivity index (χ0n) is 21.2. The number of likely N-dealkylation sites (tertiary alicyclic amines) is 1. The fraction of sp³-hybridized carbons (Fsp3) is 0.321. The van der Waals surface area contributed by atoms with Gasteiger partial charge < -0.3 is 19.7 Å². The van der Waals surface area contributed by atoms with E-state index in [4.69, 9.17) is 9.47 Å². The van der Waals surface area contributed by atoms with Crippen LogP contribution < -0.4 is 20.5 Å². The summed E-state index contributed by atoms with van der Waals surface area (Å²) in [6, 6.07) is 10.6. The normalized spacial score (nSPS) is 18.0. The van der Waals surface area contributed by atoms with Gasteiger partial charge in [-0.1, -0.05) is 5.16 Å². The van der Waals surface area contributed by atoms with Crippen molar-refractivity contribution in [2.75, 3.05) is 20.2 Å². The average molecular weight is 528 g/mol. The predicted molar refractivity (Wildman–Crippen MR) is 139 cm³/mol. The van der Waals surface area contributed by atoms with E-state index >= 15 is 0 Å². The molecule has 0 atom stereocenters. The van der Waals surface area contributed by atoms with Crippen LogP contribution >= 0.6 is 0 Å². The lowest BCUT2D eigenvalue weighted by Gasteiger charge is -2.44. The first-order chi connectivity index (χ1) is 18.9. The number of aromatic nitrogens is 3. The zero-order valence-corrected chi connectivity index (χ0v) is 21.2. The highest BCUT2D eigenvalue weighted by Crippen LogP contribution is 2.43. The third kappa shape index (κ3) is 4.01. The Morgan fingerprint density at radius 2 is 1.92 bits per heavy atom. The van der Waals surface area contributed by atoms with Gasteiger partial charge in [0.2, 0.25) is 0 Å². The number of carbonyl (C=O) groups is 2. The number of aromatic amines is 1. The van der Waals surface area contributed by atoms with Gasteiger partial charge in [-0.15, -0.1) is 0 Å². The van der Waals surface area contributed by atoms with E-state index in [0.717, 1.165) is 29.3 Å². The van der Waals surface area contributed by atoms with E-state index in [0.29, 0.717) is 60.0 Å². The predicted octanol–water partition coefficient (Wildman–Crippen LogP) is 3.22. The Labute approximate surface area is 222 Å². The van der Waals surface area contributed by atoms with E-state index in [1.54, 1.807) is 42.5 Å². The first kappa shape index (κ1) is 23.4. The first-order valence-electron chi connectivity index (χ1n) is 12.9. The van der Waals surface area contributed by atoms with Crippen molar-refractivity contribution in [1.82, 2.24) is 25.3 Å². The number of ether oxygens (including phenoxy) is 2. The van der Waals surface area contributed by atoms with Crippen LogP contribution in [0.5, 0.6) is 11.5 Å². The van der Waals surface area contributed by atoms with Crippen LogP contribution in [0.1, 0.15) is 58.0 Å². The molecule has 1 aliphatic carbocycles. The lowest BCUT2D eigenvalue weighted by molar-refractivity contribution is -0.0245. The number of rotatable bonds is 4.